The van der Waals surface area contributed by atoms with E-state index in [4.69, 9.17) is 4.74 Å². The van der Waals surface area contributed by atoms with Crippen LogP contribution in [0.5, 0.6) is 0 Å². The van der Waals surface area contributed by atoms with Crippen LogP contribution in [-0.4, -0.2) is 105 Å². The van der Waals surface area contributed by atoms with Crippen LogP contribution in [0.2, 0.25) is 0 Å². The number of carbonyl (C=O) groups is 3. The molecule has 2 aromatic rings. The Morgan fingerprint density at radius 1 is 0.905 bits per heavy atom. The van der Waals surface area contributed by atoms with Gasteiger partial charge in [-0.1, -0.05) is 24.6 Å². The maximum absolute atomic E-state index is 14.2. The number of likely N-dealkylation sites (N-methyl/N-ethyl adjacent to an activating group) is 1. The van der Waals surface area contributed by atoms with E-state index in [-0.39, 0.29) is 22.6 Å². The summed E-state index contributed by atoms with van der Waals surface area (Å²) in [5.41, 5.74) is -1.06. The molecule has 222 valence electrons. The number of aliphatic hydroxyl groups is 1. The Hall–Kier alpha value is -3.58. The molecule has 0 radical (unpaired) electrons. The maximum atomic E-state index is 14.2. The van der Waals surface area contributed by atoms with E-state index in [2.05, 4.69) is 4.90 Å². The lowest BCUT2D eigenvalue weighted by Crippen LogP contribution is -2.53. The van der Waals surface area contributed by atoms with Crippen molar-refractivity contribution >= 4 is 39.1 Å². The topological polar surface area (TPSA) is 128 Å². The third-order valence-electron chi connectivity index (χ3n) is 8.76. The Morgan fingerprint density at radius 2 is 1.57 bits per heavy atom. The molecule has 3 saturated heterocycles. The molecule has 0 saturated carbocycles. The number of para-hydroxylation sites is 1. The van der Waals surface area contributed by atoms with Crippen molar-refractivity contribution in [2.75, 3.05) is 64.4 Å². The molecule has 1 spiro atoms. The number of hydrogen-bond acceptors (Lipinski definition) is 8. The van der Waals surface area contributed by atoms with Crippen molar-refractivity contribution in [2.45, 2.75) is 29.7 Å². The molecule has 42 heavy (non-hydrogen) atoms. The summed E-state index contributed by atoms with van der Waals surface area (Å²) in [5.74, 6) is -2.87. The molecule has 6 rings (SSSR count). The van der Waals surface area contributed by atoms with Crippen molar-refractivity contribution in [1.29, 1.82) is 0 Å². The first kappa shape index (κ1) is 28.5. The van der Waals surface area contributed by atoms with Gasteiger partial charge in [0.2, 0.25) is 10.0 Å². The molecule has 0 aliphatic carbocycles. The summed E-state index contributed by atoms with van der Waals surface area (Å²) >= 11 is 0. The molecule has 4 aliphatic heterocycles. The smallest absolute Gasteiger partial charge is 0.296 e. The van der Waals surface area contributed by atoms with Gasteiger partial charge in [0.05, 0.1) is 23.7 Å². The van der Waals surface area contributed by atoms with E-state index in [0.29, 0.717) is 57.2 Å². The SMILES string of the molecule is CN1C(=O)[C@@]2(C(=C(O)c3ccc(S(=O)(=O)N4CCCCC4)cc3)C(=O)C(=O)N2CCN2CCOCC2)c2ccccc21. The van der Waals surface area contributed by atoms with E-state index in [1.54, 1.807) is 31.3 Å². The van der Waals surface area contributed by atoms with E-state index >= 15 is 0 Å². The second-order valence-corrected chi connectivity index (χ2v) is 13.0. The standard InChI is InChI=1S/C30H34N4O7S/c1-31-24-8-4-3-7-23(24)30(29(31)38)25(27(36)28(37)34(30)16-15-32-17-19-41-20-18-32)26(35)21-9-11-22(12-10-21)42(39,40)33-13-5-2-6-14-33/h3-4,7-12,35H,2,5-6,13-20H2,1H3/t30-/m0/s1. The summed E-state index contributed by atoms with van der Waals surface area (Å²) in [4.78, 5) is 46.4. The predicted molar refractivity (Wildman–Crippen MR) is 154 cm³/mol. The second-order valence-electron chi connectivity index (χ2n) is 11.0. The van der Waals surface area contributed by atoms with Crippen molar-refractivity contribution in [3.8, 4) is 0 Å². The Bertz CT molecular complexity index is 1560. The number of amides is 2. The van der Waals surface area contributed by atoms with Gasteiger partial charge in [-0.25, -0.2) is 8.42 Å². The number of aliphatic hydroxyl groups excluding tert-OH is 1. The normalized spacial score (nSPS) is 25.0. The van der Waals surface area contributed by atoms with Gasteiger partial charge >= 0.3 is 0 Å². The Kier molecular flexibility index (Phi) is 7.42. The van der Waals surface area contributed by atoms with Crippen LogP contribution in [0.4, 0.5) is 5.69 Å². The number of ketones is 1. The highest BCUT2D eigenvalue weighted by molar-refractivity contribution is 7.89. The van der Waals surface area contributed by atoms with Crippen LogP contribution in [0.1, 0.15) is 30.4 Å². The van der Waals surface area contributed by atoms with Gasteiger partial charge in [-0.05, 0) is 43.2 Å². The van der Waals surface area contributed by atoms with Crippen molar-refractivity contribution in [3.05, 3.63) is 65.2 Å². The summed E-state index contributed by atoms with van der Waals surface area (Å²) < 4.78 is 33.2. The predicted octanol–water partition coefficient (Wildman–Crippen LogP) is 1.75. The number of fused-ring (bicyclic) bond motifs is 2. The number of anilines is 1. The molecule has 1 atom stereocenters. The number of piperidine rings is 1. The van der Waals surface area contributed by atoms with Crippen LogP contribution in [0.25, 0.3) is 5.76 Å². The Morgan fingerprint density at radius 3 is 2.26 bits per heavy atom. The van der Waals surface area contributed by atoms with Gasteiger partial charge in [0.25, 0.3) is 17.6 Å². The monoisotopic (exact) mass is 594 g/mol. The first-order chi connectivity index (χ1) is 20.2. The van der Waals surface area contributed by atoms with Crippen molar-refractivity contribution in [1.82, 2.24) is 14.1 Å². The lowest BCUT2D eigenvalue weighted by molar-refractivity contribution is -0.144. The quantitative estimate of drug-likeness (QED) is 0.305. The zero-order chi connectivity index (χ0) is 29.6. The minimum atomic E-state index is -3.72. The lowest BCUT2D eigenvalue weighted by atomic mass is 9.82. The molecule has 4 heterocycles. The molecule has 3 fully saturated rings. The molecule has 2 aromatic carbocycles. The number of hydrogen-bond donors (Lipinski definition) is 1. The van der Waals surface area contributed by atoms with Gasteiger partial charge < -0.3 is 19.6 Å². The molecule has 1 N–H and O–H groups in total. The number of nitrogens with zero attached hydrogens (tertiary/aromatic N) is 4. The largest absolute Gasteiger partial charge is 0.507 e. The molecule has 0 bridgehead atoms. The molecule has 4 aliphatic rings. The lowest BCUT2D eigenvalue weighted by Gasteiger charge is -2.36. The fourth-order valence-corrected chi connectivity index (χ4v) is 8.04. The zero-order valence-corrected chi connectivity index (χ0v) is 24.3. The summed E-state index contributed by atoms with van der Waals surface area (Å²) in [6.45, 7) is 3.84. The number of rotatable bonds is 6. The fourth-order valence-electron chi connectivity index (χ4n) is 6.52. The second kappa shape index (κ2) is 10.9. The average Bonchev–Trinajstić information content (AvgIpc) is 3.38. The summed E-state index contributed by atoms with van der Waals surface area (Å²) in [5, 5.41) is 11.7. The number of carbonyl (C=O) groups excluding carboxylic acids is 3. The minimum Gasteiger partial charge on any atom is -0.507 e. The van der Waals surface area contributed by atoms with Gasteiger partial charge in [0, 0.05) is 63.1 Å². The summed E-state index contributed by atoms with van der Waals surface area (Å²) in [6.07, 6.45) is 2.59. The van der Waals surface area contributed by atoms with E-state index in [9.17, 15) is 27.9 Å². The van der Waals surface area contributed by atoms with Crippen LogP contribution < -0.4 is 4.90 Å². The van der Waals surface area contributed by atoms with Crippen LogP contribution in [-0.2, 0) is 34.7 Å². The highest BCUT2D eigenvalue weighted by Crippen LogP contribution is 2.53. The number of morpholine rings is 1. The summed E-state index contributed by atoms with van der Waals surface area (Å²) in [6, 6.07) is 12.5. The number of benzene rings is 2. The molecule has 12 heteroatoms. The molecule has 11 nitrogen and oxygen atoms in total. The van der Waals surface area contributed by atoms with Gasteiger partial charge in [-0.15, -0.1) is 0 Å². The molecular weight excluding hydrogens is 560 g/mol. The number of ether oxygens (including phenoxy) is 1. The number of Topliss-reactive ketones (excluding diaryl/α,β-unsaturated/α-hetero) is 1. The molecule has 0 aromatic heterocycles. The van der Waals surface area contributed by atoms with Crippen LogP contribution in [0.3, 0.4) is 0 Å². The molecule has 0 unspecified atom stereocenters. The highest BCUT2D eigenvalue weighted by Gasteiger charge is 2.66. The maximum Gasteiger partial charge on any atom is 0.296 e. The van der Waals surface area contributed by atoms with Gasteiger partial charge in [0.15, 0.2) is 5.54 Å². The Balaban J connectivity index is 1.44. The molecule has 2 amide bonds. The van der Waals surface area contributed by atoms with Crippen LogP contribution in [0.15, 0.2) is 59.0 Å². The first-order valence-electron chi connectivity index (χ1n) is 14.3. The van der Waals surface area contributed by atoms with Gasteiger partial charge in [-0.3, -0.25) is 19.3 Å². The third kappa shape index (κ3) is 4.36. The van der Waals surface area contributed by atoms with Crippen molar-refractivity contribution in [3.63, 3.8) is 0 Å². The van der Waals surface area contributed by atoms with Crippen LogP contribution >= 0.6 is 0 Å². The van der Waals surface area contributed by atoms with Crippen molar-refractivity contribution in [2.24, 2.45) is 0 Å². The highest BCUT2D eigenvalue weighted by atomic mass is 32.2. The van der Waals surface area contributed by atoms with E-state index < -0.39 is 38.9 Å². The van der Waals surface area contributed by atoms with Gasteiger partial charge in [0.1, 0.15) is 5.76 Å². The molecular formula is C30H34N4O7S. The van der Waals surface area contributed by atoms with E-state index in [1.807, 2.05) is 0 Å². The third-order valence-corrected chi connectivity index (χ3v) is 10.7. The van der Waals surface area contributed by atoms with E-state index in [0.717, 1.165) is 19.3 Å². The summed E-state index contributed by atoms with van der Waals surface area (Å²) in [7, 11) is -2.13. The van der Waals surface area contributed by atoms with Crippen molar-refractivity contribution < 1.29 is 32.6 Å². The minimum absolute atomic E-state index is 0.0728. The van der Waals surface area contributed by atoms with Crippen LogP contribution in [0, 0.1) is 0 Å². The van der Waals surface area contributed by atoms with Gasteiger partial charge in [-0.2, -0.15) is 4.31 Å². The Labute approximate surface area is 245 Å². The zero-order valence-electron chi connectivity index (χ0n) is 23.5. The van der Waals surface area contributed by atoms with E-state index in [1.165, 1.54) is 38.4 Å². The fraction of sp³-hybridized carbons (Fsp3) is 0.433. The average molecular weight is 595 g/mol. The number of sulfonamides is 1. The first-order valence-corrected chi connectivity index (χ1v) is 15.7. The number of likely N-dealkylation sites (tertiary alicyclic amines) is 1.